The molecule has 0 saturated carbocycles. The fraction of sp³-hybridized carbons (Fsp3) is 0.714. The van der Waals surface area contributed by atoms with Gasteiger partial charge in [-0.15, -0.1) is 6.58 Å². The molecule has 0 aromatic carbocycles. The van der Waals surface area contributed by atoms with E-state index in [1.54, 1.807) is 0 Å². The van der Waals surface area contributed by atoms with Crippen molar-refractivity contribution in [2.45, 2.75) is 25.3 Å². The van der Waals surface area contributed by atoms with Gasteiger partial charge in [0.1, 0.15) is 0 Å². The van der Waals surface area contributed by atoms with Crippen LogP contribution in [0.4, 0.5) is 0 Å². The van der Waals surface area contributed by atoms with Gasteiger partial charge in [0.05, 0.1) is 0 Å². The van der Waals surface area contributed by atoms with Crippen LogP contribution in [0.5, 0.6) is 0 Å². The zero-order valence-corrected chi connectivity index (χ0v) is 5.71. The first-order valence-corrected chi connectivity index (χ1v) is 3.28. The fourth-order valence-corrected chi connectivity index (χ4v) is 0.642. The van der Waals surface area contributed by atoms with E-state index in [1.165, 1.54) is 0 Å². The first-order chi connectivity index (χ1) is 4.31. The van der Waals surface area contributed by atoms with Crippen molar-refractivity contribution in [2.75, 3.05) is 6.61 Å². The number of allylic oxidation sites excluding steroid dienone is 1. The number of aliphatic hydroxyl groups is 1. The summed E-state index contributed by atoms with van der Waals surface area (Å²) in [4.78, 5) is 0. The van der Waals surface area contributed by atoms with Crippen LogP contribution in [0.2, 0.25) is 0 Å². The standard InChI is InChI=1S/C7H15NO/c1-2-3-4-7(8)5-6-9/h2,7,9H,1,3-6,8H2/t7-/m0/s1. The molecular weight excluding hydrogens is 114 g/mol. The van der Waals surface area contributed by atoms with Crippen LogP contribution < -0.4 is 5.73 Å². The van der Waals surface area contributed by atoms with Gasteiger partial charge >= 0.3 is 0 Å². The molecule has 0 fully saturated rings. The lowest BCUT2D eigenvalue weighted by Gasteiger charge is -2.05. The van der Waals surface area contributed by atoms with Gasteiger partial charge in [0.15, 0.2) is 0 Å². The molecular formula is C7H15NO. The van der Waals surface area contributed by atoms with Crippen LogP contribution in [0.1, 0.15) is 19.3 Å². The number of aliphatic hydroxyl groups excluding tert-OH is 1. The minimum absolute atomic E-state index is 0.146. The zero-order chi connectivity index (χ0) is 7.11. The van der Waals surface area contributed by atoms with E-state index in [0.717, 1.165) is 12.8 Å². The first kappa shape index (κ1) is 8.66. The van der Waals surface area contributed by atoms with Crippen LogP contribution in [0.25, 0.3) is 0 Å². The molecule has 2 heteroatoms. The minimum atomic E-state index is 0.146. The molecule has 0 aliphatic carbocycles. The molecule has 0 aliphatic rings. The Labute approximate surface area is 56.4 Å². The molecule has 0 amide bonds. The predicted octanol–water partition coefficient (Wildman–Crippen LogP) is 0.662. The summed E-state index contributed by atoms with van der Waals surface area (Å²) in [6.45, 7) is 3.77. The highest BCUT2D eigenvalue weighted by molar-refractivity contribution is 4.70. The van der Waals surface area contributed by atoms with E-state index in [0.29, 0.717) is 6.42 Å². The van der Waals surface area contributed by atoms with Crippen LogP contribution in [0.3, 0.4) is 0 Å². The highest BCUT2D eigenvalue weighted by Crippen LogP contribution is 1.97. The molecule has 0 saturated heterocycles. The Kier molecular flexibility index (Phi) is 5.57. The summed E-state index contributed by atoms with van der Waals surface area (Å²) in [7, 11) is 0. The lowest BCUT2D eigenvalue weighted by atomic mass is 10.1. The highest BCUT2D eigenvalue weighted by Gasteiger charge is 1.97. The Bertz CT molecular complexity index is 73.3. The summed E-state index contributed by atoms with van der Waals surface area (Å²) in [5.74, 6) is 0. The number of hydrogen-bond acceptors (Lipinski definition) is 2. The molecule has 9 heavy (non-hydrogen) atoms. The van der Waals surface area contributed by atoms with Crippen molar-refractivity contribution in [1.82, 2.24) is 0 Å². The van der Waals surface area contributed by atoms with Crippen molar-refractivity contribution in [3.05, 3.63) is 12.7 Å². The maximum atomic E-state index is 8.43. The minimum Gasteiger partial charge on any atom is -0.396 e. The summed E-state index contributed by atoms with van der Waals surface area (Å²) in [5.41, 5.74) is 5.56. The van der Waals surface area contributed by atoms with Crippen LogP contribution in [-0.4, -0.2) is 17.8 Å². The zero-order valence-electron chi connectivity index (χ0n) is 5.71. The third-order valence-electron chi connectivity index (χ3n) is 1.24. The second-order valence-electron chi connectivity index (χ2n) is 2.14. The van der Waals surface area contributed by atoms with E-state index >= 15 is 0 Å². The third kappa shape index (κ3) is 5.53. The van der Waals surface area contributed by atoms with E-state index in [4.69, 9.17) is 10.8 Å². The van der Waals surface area contributed by atoms with Crippen molar-refractivity contribution in [3.63, 3.8) is 0 Å². The Hall–Kier alpha value is -0.340. The van der Waals surface area contributed by atoms with Crippen LogP contribution >= 0.6 is 0 Å². The average Bonchev–Trinajstić information content (AvgIpc) is 1.85. The van der Waals surface area contributed by atoms with Crippen LogP contribution in [-0.2, 0) is 0 Å². The van der Waals surface area contributed by atoms with Crippen LogP contribution in [0.15, 0.2) is 12.7 Å². The van der Waals surface area contributed by atoms with Gasteiger partial charge in [0.25, 0.3) is 0 Å². The summed E-state index contributed by atoms with van der Waals surface area (Å²) >= 11 is 0. The van der Waals surface area contributed by atoms with Crippen LogP contribution in [0, 0.1) is 0 Å². The third-order valence-corrected chi connectivity index (χ3v) is 1.24. The van der Waals surface area contributed by atoms with Crippen molar-refractivity contribution < 1.29 is 5.11 Å². The van der Waals surface area contributed by atoms with E-state index in [2.05, 4.69) is 6.58 Å². The first-order valence-electron chi connectivity index (χ1n) is 3.28. The summed E-state index contributed by atoms with van der Waals surface area (Å²) in [6, 6.07) is 0.146. The fourth-order valence-electron chi connectivity index (χ4n) is 0.642. The molecule has 54 valence electrons. The monoisotopic (exact) mass is 129 g/mol. The summed E-state index contributed by atoms with van der Waals surface area (Å²) < 4.78 is 0. The van der Waals surface area contributed by atoms with Gasteiger partial charge in [0.2, 0.25) is 0 Å². The van der Waals surface area contributed by atoms with Crippen molar-refractivity contribution in [3.8, 4) is 0 Å². The second kappa shape index (κ2) is 5.79. The largest absolute Gasteiger partial charge is 0.396 e. The molecule has 3 N–H and O–H groups in total. The Balaban J connectivity index is 3.04. The Morgan fingerprint density at radius 3 is 2.67 bits per heavy atom. The van der Waals surface area contributed by atoms with Gasteiger partial charge in [-0.3, -0.25) is 0 Å². The normalized spacial score (nSPS) is 13.1. The smallest absolute Gasteiger partial charge is 0.0445 e. The summed E-state index contributed by atoms with van der Waals surface area (Å²) in [5, 5.41) is 8.43. The maximum absolute atomic E-state index is 8.43. The van der Waals surface area contributed by atoms with Crippen molar-refractivity contribution >= 4 is 0 Å². The molecule has 0 unspecified atom stereocenters. The highest BCUT2D eigenvalue weighted by atomic mass is 16.3. The molecule has 0 rings (SSSR count). The number of rotatable bonds is 5. The molecule has 2 nitrogen and oxygen atoms in total. The lowest BCUT2D eigenvalue weighted by Crippen LogP contribution is -2.20. The molecule has 0 spiro atoms. The molecule has 0 aromatic rings. The Morgan fingerprint density at radius 2 is 2.22 bits per heavy atom. The van der Waals surface area contributed by atoms with Crippen molar-refractivity contribution in [2.24, 2.45) is 5.73 Å². The van der Waals surface area contributed by atoms with Gasteiger partial charge in [-0.25, -0.2) is 0 Å². The summed E-state index contributed by atoms with van der Waals surface area (Å²) in [6.07, 6.45) is 4.43. The van der Waals surface area contributed by atoms with E-state index in [9.17, 15) is 0 Å². The van der Waals surface area contributed by atoms with Gasteiger partial charge in [0, 0.05) is 12.6 Å². The molecule has 0 heterocycles. The predicted molar refractivity (Wildman–Crippen MR) is 39.1 cm³/mol. The van der Waals surface area contributed by atoms with Crippen molar-refractivity contribution in [1.29, 1.82) is 0 Å². The molecule has 0 radical (unpaired) electrons. The lowest BCUT2D eigenvalue weighted by molar-refractivity contribution is 0.273. The van der Waals surface area contributed by atoms with Gasteiger partial charge < -0.3 is 10.8 Å². The molecule has 0 aromatic heterocycles. The van der Waals surface area contributed by atoms with Gasteiger partial charge in [-0.05, 0) is 19.3 Å². The quantitative estimate of drug-likeness (QED) is 0.536. The Morgan fingerprint density at radius 1 is 1.56 bits per heavy atom. The maximum Gasteiger partial charge on any atom is 0.0445 e. The van der Waals surface area contributed by atoms with E-state index in [1.807, 2.05) is 6.08 Å². The molecule has 1 atom stereocenters. The molecule has 0 aliphatic heterocycles. The topological polar surface area (TPSA) is 46.2 Å². The van der Waals surface area contributed by atoms with E-state index < -0.39 is 0 Å². The van der Waals surface area contributed by atoms with Gasteiger partial charge in [-0.2, -0.15) is 0 Å². The SMILES string of the molecule is C=CCC[C@H](N)CCO. The average molecular weight is 129 g/mol. The van der Waals surface area contributed by atoms with E-state index in [-0.39, 0.29) is 12.6 Å². The number of hydrogen-bond donors (Lipinski definition) is 2. The van der Waals surface area contributed by atoms with Gasteiger partial charge in [-0.1, -0.05) is 6.08 Å². The number of nitrogens with two attached hydrogens (primary N) is 1. The molecule has 0 bridgehead atoms. The second-order valence-corrected chi connectivity index (χ2v) is 2.14.